The summed E-state index contributed by atoms with van der Waals surface area (Å²) in [7, 11) is 1.68. The Hall–Kier alpha value is -1.94. The van der Waals surface area contributed by atoms with Gasteiger partial charge in [-0.3, -0.25) is 9.97 Å². The number of hydrogen-bond donors (Lipinski definition) is 1. The van der Waals surface area contributed by atoms with Crippen LogP contribution in [-0.2, 0) is 0 Å². The lowest BCUT2D eigenvalue weighted by Gasteiger charge is -2.22. The van der Waals surface area contributed by atoms with Crippen LogP contribution >= 0.6 is 0 Å². The standard InChI is InChI=1S/C16H21N3O/c1-4-15(13-5-7-14(20-3)8-6-13)19-12(2)16-11-17-9-10-18-16/h5-12,15,19H,4H2,1-3H3. The van der Waals surface area contributed by atoms with Gasteiger partial charge in [-0.25, -0.2) is 0 Å². The summed E-state index contributed by atoms with van der Waals surface area (Å²) in [6.07, 6.45) is 6.23. The number of hydrogen-bond acceptors (Lipinski definition) is 4. The molecule has 4 heteroatoms. The lowest BCUT2D eigenvalue weighted by atomic mass is 10.0. The highest BCUT2D eigenvalue weighted by molar-refractivity contribution is 5.29. The fraction of sp³-hybridized carbons (Fsp3) is 0.375. The van der Waals surface area contributed by atoms with E-state index in [-0.39, 0.29) is 12.1 Å². The van der Waals surface area contributed by atoms with E-state index < -0.39 is 0 Å². The minimum absolute atomic E-state index is 0.163. The van der Waals surface area contributed by atoms with Gasteiger partial charge < -0.3 is 10.1 Å². The fourth-order valence-electron chi connectivity index (χ4n) is 2.21. The number of rotatable bonds is 6. The first-order valence-electron chi connectivity index (χ1n) is 6.90. The maximum Gasteiger partial charge on any atom is 0.118 e. The van der Waals surface area contributed by atoms with Crippen LogP contribution in [0.25, 0.3) is 0 Å². The molecule has 0 bridgehead atoms. The van der Waals surface area contributed by atoms with Gasteiger partial charge in [-0.05, 0) is 31.0 Å². The van der Waals surface area contributed by atoms with E-state index >= 15 is 0 Å². The molecule has 0 saturated heterocycles. The Bertz CT molecular complexity index is 513. The van der Waals surface area contributed by atoms with Crippen molar-refractivity contribution in [1.29, 1.82) is 0 Å². The minimum atomic E-state index is 0.163. The zero-order chi connectivity index (χ0) is 14.4. The maximum absolute atomic E-state index is 5.19. The fourth-order valence-corrected chi connectivity index (χ4v) is 2.21. The number of nitrogens with one attached hydrogen (secondary N) is 1. The summed E-state index contributed by atoms with van der Waals surface area (Å²) < 4.78 is 5.19. The van der Waals surface area contributed by atoms with Crippen molar-refractivity contribution in [1.82, 2.24) is 15.3 Å². The molecule has 1 N–H and O–H groups in total. The van der Waals surface area contributed by atoms with Gasteiger partial charge in [-0.1, -0.05) is 19.1 Å². The first-order valence-corrected chi connectivity index (χ1v) is 6.90. The molecule has 0 radical (unpaired) electrons. The molecule has 0 fully saturated rings. The van der Waals surface area contributed by atoms with Crippen molar-refractivity contribution >= 4 is 0 Å². The predicted octanol–water partition coefficient (Wildman–Crippen LogP) is 3.29. The summed E-state index contributed by atoms with van der Waals surface area (Å²) in [6, 6.07) is 8.64. The summed E-state index contributed by atoms with van der Waals surface area (Å²) in [5.74, 6) is 0.880. The molecule has 0 saturated carbocycles. The van der Waals surface area contributed by atoms with Gasteiger partial charge in [0.25, 0.3) is 0 Å². The average molecular weight is 271 g/mol. The van der Waals surface area contributed by atoms with Crippen molar-refractivity contribution in [3.05, 3.63) is 54.1 Å². The van der Waals surface area contributed by atoms with Gasteiger partial charge in [0, 0.05) is 30.7 Å². The molecule has 0 amide bonds. The monoisotopic (exact) mass is 271 g/mol. The maximum atomic E-state index is 5.19. The van der Waals surface area contributed by atoms with E-state index in [1.54, 1.807) is 25.7 Å². The van der Waals surface area contributed by atoms with E-state index in [1.165, 1.54) is 5.56 Å². The van der Waals surface area contributed by atoms with E-state index in [1.807, 2.05) is 12.1 Å². The quantitative estimate of drug-likeness (QED) is 0.875. The van der Waals surface area contributed by atoms with Crippen LogP contribution in [0, 0.1) is 0 Å². The Morgan fingerprint density at radius 3 is 2.50 bits per heavy atom. The van der Waals surface area contributed by atoms with Crippen molar-refractivity contribution in [2.24, 2.45) is 0 Å². The summed E-state index contributed by atoms with van der Waals surface area (Å²) in [5, 5.41) is 3.59. The van der Waals surface area contributed by atoms with Crippen LogP contribution in [0.5, 0.6) is 5.75 Å². The third-order valence-electron chi connectivity index (χ3n) is 3.40. The molecule has 0 aliphatic carbocycles. The predicted molar refractivity (Wildman–Crippen MR) is 79.6 cm³/mol. The number of nitrogens with zero attached hydrogens (tertiary/aromatic N) is 2. The van der Waals surface area contributed by atoms with Crippen LogP contribution in [0.4, 0.5) is 0 Å². The molecular formula is C16H21N3O. The minimum Gasteiger partial charge on any atom is -0.497 e. The Balaban J connectivity index is 2.08. The van der Waals surface area contributed by atoms with E-state index in [2.05, 4.69) is 41.3 Å². The number of aromatic nitrogens is 2. The van der Waals surface area contributed by atoms with Crippen LogP contribution in [0.3, 0.4) is 0 Å². The van der Waals surface area contributed by atoms with E-state index in [4.69, 9.17) is 4.74 Å². The Labute approximate surface area is 120 Å². The summed E-state index contributed by atoms with van der Waals surface area (Å²) >= 11 is 0. The molecule has 2 atom stereocenters. The second-order valence-corrected chi connectivity index (χ2v) is 4.75. The third kappa shape index (κ3) is 3.54. The Morgan fingerprint density at radius 2 is 1.95 bits per heavy atom. The number of benzene rings is 1. The lowest BCUT2D eigenvalue weighted by Crippen LogP contribution is -2.25. The highest BCUT2D eigenvalue weighted by atomic mass is 16.5. The van der Waals surface area contributed by atoms with Gasteiger partial charge in [-0.2, -0.15) is 0 Å². The van der Waals surface area contributed by atoms with Crippen molar-refractivity contribution in [3.8, 4) is 5.75 Å². The molecule has 1 aromatic carbocycles. The molecule has 4 nitrogen and oxygen atoms in total. The molecule has 0 aliphatic rings. The normalized spacial score (nSPS) is 13.8. The summed E-state index contributed by atoms with van der Waals surface area (Å²) in [5.41, 5.74) is 2.21. The Kier molecular flexibility index (Phi) is 5.07. The molecule has 0 spiro atoms. The van der Waals surface area contributed by atoms with E-state index in [0.717, 1.165) is 17.9 Å². The molecule has 1 heterocycles. The molecule has 0 aliphatic heterocycles. The van der Waals surface area contributed by atoms with Crippen LogP contribution in [0.2, 0.25) is 0 Å². The zero-order valence-corrected chi connectivity index (χ0v) is 12.2. The van der Waals surface area contributed by atoms with Crippen molar-refractivity contribution in [2.45, 2.75) is 32.4 Å². The SMILES string of the molecule is CCC(NC(C)c1cnccn1)c1ccc(OC)cc1. The van der Waals surface area contributed by atoms with Gasteiger partial charge in [-0.15, -0.1) is 0 Å². The van der Waals surface area contributed by atoms with Gasteiger partial charge in [0.15, 0.2) is 0 Å². The highest BCUT2D eigenvalue weighted by Gasteiger charge is 2.14. The Morgan fingerprint density at radius 1 is 1.20 bits per heavy atom. The second-order valence-electron chi connectivity index (χ2n) is 4.75. The van der Waals surface area contributed by atoms with Crippen molar-refractivity contribution in [2.75, 3.05) is 7.11 Å². The first-order chi connectivity index (χ1) is 9.74. The summed E-state index contributed by atoms with van der Waals surface area (Å²) in [4.78, 5) is 8.46. The van der Waals surface area contributed by atoms with Crippen molar-refractivity contribution in [3.63, 3.8) is 0 Å². The topological polar surface area (TPSA) is 47.0 Å². The third-order valence-corrected chi connectivity index (χ3v) is 3.40. The van der Waals surface area contributed by atoms with Crippen LogP contribution in [-0.4, -0.2) is 17.1 Å². The van der Waals surface area contributed by atoms with Gasteiger partial charge >= 0.3 is 0 Å². The average Bonchev–Trinajstić information content (AvgIpc) is 2.53. The zero-order valence-electron chi connectivity index (χ0n) is 12.2. The van der Waals surface area contributed by atoms with Gasteiger partial charge in [0.1, 0.15) is 5.75 Å². The largest absolute Gasteiger partial charge is 0.497 e. The smallest absolute Gasteiger partial charge is 0.118 e. The number of methoxy groups -OCH3 is 1. The van der Waals surface area contributed by atoms with Crippen LogP contribution in [0.1, 0.15) is 43.6 Å². The molecule has 106 valence electrons. The molecule has 20 heavy (non-hydrogen) atoms. The van der Waals surface area contributed by atoms with E-state index in [9.17, 15) is 0 Å². The van der Waals surface area contributed by atoms with E-state index in [0.29, 0.717) is 0 Å². The summed E-state index contributed by atoms with van der Waals surface area (Å²) in [6.45, 7) is 4.28. The lowest BCUT2D eigenvalue weighted by molar-refractivity contribution is 0.413. The van der Waals surface area contributed by atoms with Gasteiger partial charge in [0.2, 0.25) is 0 Å². The molecular weight excluding hydrogens is 250 g/mol. The molecule has 2 aromatic rings. The number of ether oxygens (including phenoxy) is 1. The van der Waals surface area contributed by atoms with Gasteiger partial charge in [0.05, 0.1) is 12.8 Å². The highest BCUT2D eigenvalue weighted by Crippen LogP contribution is 2.23. The molecule has 1 aromatic heterocycles. The van der Waals surface area contributed by atoms with Crippen molar-refractivity contribution < 1.29 is 4.74 Å². The van der Waals surface area contributed by atoms with Crippen LogP contribution in [0.15, 0.2) is 42.9 Å². The molecule has 2 unspecified atom stereocenters. The first kappa shape index (κ1) is 14.5. The second kappa shape index (κ2) is 7.01. The van der Waals surface area contributed by atoms with Crippen LogP contribution < -0.4 is 10.1 Å². The molecule has 2 rings (SSSR count).